The normalized spacial score (nSPS) is 23.6. The van der Waals surface area contributed by atoms with Crippen LogP contribution in [0.25, 0.3) is 0 Å². The van der Waals surface area contributed by atoms with Gasteiger partial charge in [0.2, 0.25) is 0 Å². The number of benzene rings is 1. The Labute approximate surface area is 139 Å². The van der Waals surface area contributed by atoms with Crippen molar-refractivity contribution in [1.29, 1.82) is 0 Å². The molecule has 2 aliphatic carbocycles. The van der Waals surface area contributed by atoms with E-state index in [0.29, 0.717) is 25.6 Å². The minimum atomic E-state index is -0.513. The number of hydrogen-bond donors (Lipinski definition) is 2. The fourth-order valence-electron chi connectivity index (χ4n) is 3.55. The summed E-state index contributed by atoms with van der Waals surface area (Å²) in [4.78, 5) is 2.01. The Hall–Kier alpha value is -0.940. The molecule has 1 saturated carbocycles. The molecule has 2 N–H and O–H groups in total. The molecule has 0 saturated heterocycles. The summed E-state index contributed by atoms with van der Waals surface area (Å²) < 4.78 is 6.00. The summed E-state index contributed by atoms with van der Waals surface area (Å²) in [5.74, 6) is 0.476. The third kappa shape index (κ3) is 4.77. The van der Waals surface area contributed by atoms with Gasteiger partial charge in [-0.3, -0.25) is 0 Å². The van der Waals surface area contributed by atoms with Crippen molar-refractivity contribution in [1.82, 2.24) is 4.90 Å². The van der Waals surface area contributed by atoms with Crippen molar-refractivity contribution in [2.24, 2.45) is 5.92 Å². The van der Waals surface area contributed by atoms with Crippen LogP contribution in [0.3, 0.4) is 0 Å². The van der Waals surface area contributed by atoms with Gasteiger partial charge in [0.1, 0.15) is 0 Å². The van der Waals surface area contributed by atoms with Gasteiger partial charge in [0.05, 0.1) is 24.9 Å². The van der Waals surface area contributed by atoms with Crippen molar-refractivity contribution in [3.8, 4) is 0 Å². The maximum atomic E-state index is 10.2. The Kier molecular flexibility index (Phi) is 5.70. The Morgan fingerprint density at radius 2 is 1.96 bits per heavy atom. The van der Waals surface area contributed by atoms with Crippen LogP contribution in [0.4, 0.5) is 0 Å². The minimum Gasteiger partial charge on any atom is -0.392 e. The van der Waals surface area contributed by atoms with Gasteiger partial charge >= 0.3 is 0 Å². The molecule has 0 spiro atoms. The maximum Gasteiger partial charge on any atom is 0.0900 e. The maximum absolute atomic E-state index is 10.2. The Morgan fingerprint density at radius 1 is 1.17 bits per heavy atom. The second-order valence-electron chi connectivity index (χ2n) is 7.19. The molecule has 128 valence electrons. The number of aryl methyl sites for hydroxylation is 1. The molecule has 0 aliphatic heterocycles. The average Bonchev–Trinajstić information content (AvgIpc) is 3.37. The first kappa shape index (κ1) is 16.9. The smallest absolute Gasteiger partial charge is 0.0900 e. The zero-order valence-corrected chi connectivity index (χ0v) is 14.0. The number of ether oxygens (including phenoxy) is 1. The van der Waals surface area contributed by atoms with Crippen LogP contribution in [-0.2, 0) is 11.2 Å². The zero-order valence-electron chi connectivity index (χ0n) is 14.0. The van der Waals surface area contributed by atoms with Gasteiger partial charge in [-0.2, -0.15) is 0 Å². The highest BCUT2D eigenvalue weighted by Crippen LogP contribution is 2.33. The molecular weight excluding hydrogens is 290 g/mol. The molecule has 0 amide bonds. The molecule has 1 aromatic carbocycles. The van der Waals surface area contributed by atoms with Crippen LogP contribution in [0.2, 0.25) is 0 Å². The lowest BCUT2D eigenvalue weighted by Crippen LogP contribution is -2.37. The molecule has 1 aromatic rings. The van der Waals surface area contributed by atoms with Crippen molar-refractivity contribution in [2.45, 2.75) is 50.4 Å². The second kappa shape index (κ2) is 7.75. The van der Waals surface area contributed by atoms with E-state index in [2.05, 4.69) is 24.3 Å². The fourth-order valence-corrected chi connectivity index (χ4v) is 3.55. The molecule has 2 aliphatic rings. The van der Waals surface area contributed by atoms with Gasteiger partial charge in [-0.25, -0.2) is 0 Å². The van der Waals surface area contributed by atoms with E-state index in [1.165, 1.54) is 11.1 Å². The summed E-state index contributed by atoms with van der Waals surface area (Å²) in [5, 5.41) is 20.2. The minimum absolute atomic E-state index is 0.108. The van der Waals surface area contributed by atoms with Crippen molar-refractivity contribution in [3.05, 3.63) is 35.4 Å². The van der Waals surface area contributed by atoms with Gasteiger partial charge in [-0.1, -0.05) is 24.3 Å². The lowest BCUT2D eigenvalue weighted by molar-refractivity contribution is -0.0294. The second-order valence-corrected chi connectivity index (χ2v) is 7.19. The third-order valence-electron chi connectivity index (χ3n) is 4.99. The number of hydrogen-bond acceptors (Lipinski definition) is 4. The molecule has 0 aromatic heterocycles. The highest BCUT2D eigenvalue weighted by molar-refractivity contribution is 5.31. The van der Waals surface area contributed by atoms with Crippen LogP contribution in [0.15, 0.2) is 24.3 Å². The summed E-state index contributed by atoms with van der Waals surface area (Å²) in [7, 11) is 1.95. The molecule has 3 unspecified atom stereocenters. The summed E-state index contributed by atoms with van der Waals surface area (Å²) in [6.07, 6.45) is 4.92. The summed E-state index contributed by atoms with van der Waals surface area (Å²) in [5.41, 5.74) is 2.66. The van der Waals surface area contributed by atoms with E-state index in [-0.39, 0.29) is 12.2 Å². The lowest BCUT2D eigenvalue weighted by Gasteiger charge is -2.28. The standard InChI is InChI=1S/C19H29NO3/c1-20(12-18(22)15-9-10-15)11-16(21)13-23-19-8-4-6-14-5-2-3-7-17(14)19/h2-3,5,7,15-16,18-19,21-22H,4,6,8-13H2,1H3. The Morgan fingerprint density at radius 3 is 2.74 bits per heavy atom. The molecule has 1 fully saturated rings. The van der Waals surface area contributed by atoms with E-state index in [4.69, 9.17) is 4.74 Å². The first-order valence-corrected chi connectivity index (χ1v) is 8.87. The predicted octanol–water partition coefficient (Wildman–Crippen LogP) is 2.14. The number of fused-ring (bicyclic) bond motifs is 1. The Balaban J connectivity index is 1.43. The van der Waals surface area contributed by atoms with Gasteiger partial charge in [-0.15, -0.1) is 0 Å². The first-order valence-electron chi connectivity index (χ1n) is 8.87. The number of rotatable bonds is 8. The van der Waals surface area contributed by atoms with Crippen LogP contribution in [0.1, 0.15) is 42.9 Å². The van der Waals surface area contributed by atoms with E-state index >= 15 is 0 Å². The summed E-state index contributed by atoms with van der Waals surface area (Å²) in [6, 6.07) is 8.46. The summed E-state index contributed by atoms with van der Waals surface area (Å²) in [6.45, 7) is 1.52. The van der Waals surface area contributed by atoms with Gasteiger partial charge < -0.3 is 19.8 Å². The van der Waals surface area contributed by atoms with Crippen LogP contribution in [0.5, 0.6) is 0 Å². The number of nitrogens with zero attached hydrogens (tertiary/aromatic N) is 1. The fraction of sp³-hybridized carbons (Fsp3) is 0.684. The molecule has 0 bridgehead atoms. The van der Waals surface area contributed by atoms with Gasteiger partial charge in [0, 0.05) is 13.1 Å². The number of aliphatic hydroxyl groups is 2. The van der Waals surface area contributed by atoms with Crippen molar-refractivity contribution >= 4 is 0 Å². The molecule has 0 radical (unpaired) electrons. The monoisotopic (exact) mass is 319 g/mol. The van der Waals surface area contributed by atoms with E-state index in [1.807, 2.05) is 11.9 Å². The van der Waals surface area contributed by atoms with Gasteiger partial charge in [0.15, 0.2) is 0 Å². The Bertz CT molecular complexity index is 503. The van der Waals surface area contributed by atoms with Crippen LogP contribution in [-0.4, -0.2) is 54.1 Å². The highest BCUT2D eigenvalue weighted by Gasteiger charge is 2.30. The predicted molar refractivity (Wildman–Crippen MR) is 90.3 cm³/mol. The molecule has 23 heavy (non-hydrogen) atoms. The van der Waals surface area contributed by atoms with Crippen LogP contribution < -0.4 is 0 Å². The average molecular weight is 319 g/mol. The van der Waals surface area contributed by atoms with Crippen molar-refractivity contribution in [2.75, 3.05) is 26.7 Å². The molecule has 3 atom stereocenters. The topological polar surface area (TPSA) is 52.9 Å². The molecule has 4 nitrogen and oxygen atoms in total. The van der Waals surface area contributed by atoms with Crippen molar-refractivity contribution in [3.63, 3.8) is 0 Å². The van der Waals surface area contributed by atoms with Crippen LogP contribution in [0, 0.1) is 5.92 Å². The van der Waals surface area contributed by atoms with Crippen molar-refractivity contribution < 1.29 is 14.9 Å². The third-order valence-corrected chi connectivity index (χ3v) is 4.99. The quantitative estimate of drug-likeness (QED) is 0.771. The highest BCUT2D eigenvalue weighted by atomic mass is 16.5. The number of aliphatic hydroxyl groups excluding tert-OH is 2. The van der Waals surface area contributed by atoms with Gasteiger partial charge in [0.25, 0.3) is 0 Å². The first-order chi connectivity index (χ1) is 11.1. The van der Waals surface area contributed by atoms with E-state index in [0.717, 1.165) is 32.1 Å². The summed E-state index contributed by atoms with van der Waals surface area (Å²) >= 11 is 0. The molecule has 0 heterocycles. The molecule has 3 rings (SSSR count). The van der Waals surface area contributed by atoms with Gasteiger partial charge in [-0.05, 0) is 56.2 Å². The SMILES string of the molecule is CN(CC(O)COC1CCCc2ccccc21)CC(O)C1CC1. The number of likely N-dealkylation sites (N-methyl/N-ethyl adjacent to an activating group) is 1. The molecular formula is C19H29NO3. The largest absolute Gasteiger partial charge is 0.392 e. The van der Waals surface area contributed by atoms with E-state index in [9.17, 15) is 10.2 Å². The van der Waals surface area contributed by atoms with E-state index in [1.54, 1.807) is 0 Å². The lowest BCUT2D eigenvalue weighted by atomic mass is 9.89. The zero-order chi connectivity index (χ0) is 16.2. The molecule has 4 heteroatoms. The van der Waals surface area contributed by atoms with Crippen LogP contribution >= 0.6 is 0 Å². The van der Waals surface area contributed by atoms with E-state index < -0.39 is 6.10 Å².